The fraction of sp³-hybridized carbons (Fsp3) is 0.455. The molecule has 0 atom stereocenters. The van der Waals surface area contributed by atoms with Gasteiger partial charge >= 0.3 is 0 Å². The Morgan fingerprint density at radius 1 is 1.35 bits per heavy atom. The summed E-state index contributed by atoms with van der Waals surface area (Å²) in [6.45, 7) is 3.63. The minimum Gasteiger partial charge on any atom is -0.379 e. The van der Waals surface area contributed by atoms with Crippen LogP contribution in [0.5, 0.6) is 0 Å². The van der Waals surface area contributed by atoms with Gasteiger partial charge in [-0.25, -0.2) is 0 Å². The maximum atomic E-state index is 10.5. The number of ether oxygens (including phenoxy) is 1. The van der Waals surface area contributed by atoms with E-state index < -0.39 is 4.92 Å². The normalized spacial score (nSPS) is 10.2. The molecule has 1 aromatic rings. The summed E-state index contributed by atoms with van der Waals surface area (Å²) in [5, 5.41) is 10.5. The van der Waals surface area contributed by atoms with Crippen molar-refractivity contribution in [2.45, 2.75) is 13.3 Å². The number of rotatable bonds is 8. The van der Waals surface area contributed by atoms with Crippen molar-refractivity contribution in [3.8, 4) is 0 Å². The summed E-state index contributed by atoms with van der Waals surface area (Å²) in [5.74, 6) is 0. The Morgan fingerprint density at radius 3 is 2.88 bits per heavy atom. The van der Waals surface area contributed by atoms with Crippen LogP contribution in [0.4, 0.5) is 11.4 Å². The zero-order valence-corrected chi connectivity index (χ0v) is 9.72. The number of nitro benzene ring substituents is 1. The van der Waals surface area contributed by atoms with Gasteiger partial charge in [-0.15, -0.1) is 0 Å². The lowest BCUT2D eigenvalue weighted by Crippen LogP contribution is -2.09. The lowest BCUT2D eigenvalue weighted by Gasteiger charge is -2.06. The second kappa shape index (κ2) is 7.59. The van der Waals surface area contributed by atoms with Gasteiger partial charge in [0.15, 0.2) is 0 Å². The molecule has 0 fully saturated rings. The Bertz CT molecular complexity index is 357. The van der Waals surface area contributed by atoms with Gasteiger partial charge in [-0.1, -0.05) is 13.0 Å². The van der Waals surface area contributed by atoms with Crippen molar-refractivity contribution in [2.24, 2.45) is 0 Å². The molecular weight excluding hydrogens is 224 g/mol. The Labute approximate surface area is 99.6 Å². The largest absolute Gasteiger partial charge is 0.379 e. The number of anilines is 1. The van der Waals surface area contributed by atoms with Crippen molar-refractivity contribution < 1.29 is 14.5 Å². The molecule has 0 aliphatic carbocycles. The van der Waals surface area contributed by atoms with Crippen LogP contribution in [0.3, 0.4) is 0 Å². The molecule has 0 heterocycles. The van der Waals surface area contributed by atoms with Crippen molar-refractivity contribution in [1.82, 2.24) is 0 Å². The van der Waals surface area contributed by atoms with E-state index in [0.29, 0.717) is 25.5 Å². The molecule has 0 aromatic heterocycles. The minimum atomic E-state index is -0.449. The Kier molecular flexibility index (Phi) is 5.98. The minimum absolute atomic E-state index is 0.0285. The fourth-order valence-corrected chi connectivity index (χ4v) is 1.16. The monoisotopic (exact) mass is 240 g/mol. The van der Waals surface area contributed by atoms with E-state index in [9.17, 15) is 10.1 Å². The van der Waals surface area contributed by atoms with Crippen molar-refractivity contribution in [3.05, 3.63) is 34.4 Å². The van der Waals surface area contributed by atoms with Gasteiger partial charge < -0.3 is 4.74 Å². The highest BCUT2D eigenvalue weighted by Crippen LogP contribution is 2.16. The van der Waals surface area contributed by atoms with Crippen LogP contribution in [0.15, 0.2) is 24.3 Å². The Morgan fingerprint density at radius 2 is 2.18 bits per heavy atom. The molecule has 17 heavy (non-hydrogen) atoms. The molecule has 0 amide bonds. The first-order valence-electron chi connectivity index (χ1n) is 5.44. The number of hydrogen-bond donors (Lipinski definition) is 1. The zero-order chi connectivity index (χ0) is 12.5. The third kappa shape index (κ3) is 5.28. The zero-order valence-electron chi connectivity index (χ0n) is 9.72. The predicted octanol–water partition coefficient (Wildman–Crippen LogP) is 2.36. The Hall–Kier alpha value is -1.66. The second-order valence-electron chi connectivity index (χ2n) is 3.37. The maximum Gasteiger partial charge on any atom is 0.271 e. The summed E-state index contributed by atoms with van der Waals surface area (Å²) >= 11 is 0. The molecule has 6 heteroatoms. The first kappa shape index (κ1) is 13.4. The fourth-order valence-electron chi connectivity index (χ4n) is 1.16. The van der Waals surface area contributed by atoms with Crippen molar-refractivity contribution in [3.63, 3.8) is 0 Å². The number of nitro groups is 1. The van der Waals surface area contributed by atoms with Crippen molar-refractivity contribution in [2.75, 3.05) is 25.3 Å². The third-order valence-electron chi connectivity index (χ3n) is 1.93. The van der Waals surface area contributed by atoms with Gasteiger partial charge in [-0.05, 0) is 12.5 Å². The SMILES string of the molecule is CCCOCCONc1cccc([N+](=O)[O-])c1. The molecule has 1 N–H and O–H groups in total. The smallest absolute Gasteiger partial charge is 0.271 e. The highest BCUT2D eigenvalue weighted by Gasteiger charge is 2.04. The standard InChI is InChI=1S/C11H16N2O4/c1-2-6-16-7-8-17-12-10-4-3-5-11(9-10)13(14)15/h3-5,9,12H,2,6-8H2,1H3. The van der Waals surface area contributed by atoms with Crippen LogP contribution in [0, 0.1) is 10.1 Å². The van der Waals surface area contributed by atoms with E-state index >= 15 is 0 Å². The van der Waals surface area contributed by atoms with Crippen LogP contribution < -0.4 is 5.48 Å². The number of non-ortho nitro benzene ring substituents is 1. The van der Waals surface area contributed by atoms with E-state index in [-0.39, 0.29) is 5.69 Å². The van der Waals surface area contributed by atoms with Crippen LogP contribution in [0.25, 0.3) is 0 Å². The molecule has 0 radical (unpaired) electrons. The molecule has 0 saturated heterocycles. The van der Waals surface area contributed by atoms with Crippen LogP contribution in [0.2, 0.25) is 0 Å². The molecule has 1 rings (SSSR count). The lowest BCUT2D eigenvalue weighted by molar-refractivity contribution is -0.384. The topological polar surface area (TPSA) is 73.6 Å². The van der Waals surface area contributed by atoms with E-state index in [2.05, 4.69) is 5.48 Å². The molecule has 0 bridgehead atoms. The summed E-state index contributed by atoms with van der Waals surface area (Å²) in [4.78, 5) is 15.2. The molecular formula is C11H16N2O4. The summed E-state index contributed by atoms with van der Waals surface area (Å²) in [6.07, 6.45) is 0.971. The summed E-state index contributed by atoms with van der Waals surface area (Å²) in [5.41, 5.74) is 3.21. The highest BCUT2D eigenvalue weighted by atomic mass is 16.7. The molecule has 0 saturated carbocycles. The van der Waals surface area contributed by atoms with Crippen molar-refractivity contribution >= 4 is 11.4 Å². The van der Waals surface area contributed by atoms with E-state index in [1.807, 2.05) is 6.92 Å². The highest BCUT2D eigenvalue weighted by molar-refractivity contribution is 5.49. The number of nitrogens with one attached hydrogen (secondary N) is 1. The van der Waals surface area contributed by atoms with E-state index in [1.54, 1.807) is 12.1 Å². The second-order valence-corrected chi connectivity index (χ2v) is 3.37. The summed E-state index contributed by atoms with van der Waals surface area (Å²) < 4.78 is 5.21. The van der Waals surface area contributed by atoms with Gasteiger partial charge in [0, 0.05) is 18.7 Å². The molecule has 0 aliphatic heterocycles. The van der Waals surface area contributed by atoms with Crippen molar-refractivity contribution in [1.29, 1.82) is 0 Å². The number of hydrogen-bond acceptors (Lipinski definition) is 5. The molecule has 0 unspecified atom stereocenters. The molecule has 0 spiro atoms. The van der Waals surface area contributed by atoms with E-state index in [0.717, 1.165) is 6.42 Å². The average molecular weight is 240 g/mol. The van der Waals surface area contributed by atoms with Gasteiger partial charge in [-0.2, -0.15) is 0 Å². The summed E-state index contributed by atoms with van der Waals surface area (Å²) in [7, 11) is 0. The van der Waals surface area contributed by atoms with Gasteiger partial charge in [0.05, 0.1) is 23.8 Å². The maximum absolute atomic E-state index is 10.5. The van der Waals surface area contributed by atoms with Crippen LogP contribution in [-0.4, -0.2) is 24.7 Å². The predicted molar refractivity (Wildman–Crippen MR) is 63.8 cm³/mol. The number of nitrogens with zero attached hydrogens (tertiary/aromatic N) is 1. The first-order valence-corrected chi connectivity index (χ1v) is 5.44. The van der Waals surface area contributed by atoms with Gasteiger partial charge in [0.25, 0.3) is 5.69 Å². The first-order chi connectivity index (χ1) is 8.24. The molecule has 0 aliphatic rings. The molecule has 1 aromatic carbocycles. The van der Waals surface area contributed by atoms with Crippen LogP contribution >= 0.6 is 0 Å². The van der Waals surface area contributed by atoms with Gasteiger partial charge in [0.2, 0.25) is 0 Å². The summed E-state index contributed by atoms with van der Waals surface area (Å²) in [6, 6.07) is 6.12. The van der Waals surface area contributed by atoms with Crippen LogP contribution in [-0.2, 0) is 9.57 Å². The van der Waals surface area contributed by atoms with E-state index in [1.165, 1.54) is 12.1 Å². The van der Waals surface area contributed by atoms with Gasteiger partial charge in [-0.3, -0.25) is 20.4 Å². The molecule has 94 valence electrons. The quantitative estimate of drug-likeness (QED) is 0.429. The lowest BCUT2D eigenvalue weighted by atomic mass is 10.3. The third-order valence-corrected chi connectivity index (χ3v) is 1.93. The molecule has 6 nitrogen and oxygen atoms in total. The Balaban J connectivity index is 2.27. The van der Waals surface area contributed by atoms with E-state index in [4.69, 9.17) is 9.57 Å². The number of benzene rings is 1. The van der Waals surface area contributed by atoms with Crippen LogP contribution in [0.1, 0.15) is 13.3 Å². The van der Waals surface area contributed by atoms with Gasteiger partial charge in [0.1, 0.15) is 0 Å². The average Bonchev–Trinajstić information content (AvgIpc) is 2.34.